The van der Waals surface area contributed by atoms with Gasteiger partial charge in [0.15, 0.2) is 0 Å². The SMILES string of the molecule is CO[Si](CCCCCCCCCCCC([C]=O)OCCO)(OC)OC. The molecule has 0 aromatic carbocycles. The summed E-state index contributed by atoms with van der Waals surface area (Å²) < 4.78 is 21.4. The average molecular weight is 378 g/mol. The Kier molecular flexibility index (Phi) is 16.9. The molecule has 0 amide bonds. The molecule has 0 rings (SSSR count). The van der Waals surface area contributed by atoms with Crippen LogP contribution in [0.3, 0.4) is 0 Å². The summed E-state index contributed by atoms with van der Waals surface area (Å²) >= 11 is 0. The highest BCUT2D eigenvalue weighted by Crippen LogP contribution is 2.18. The van der Waals surface area contributed by atoms with Crippen LogP contribution in [-0.4, -0.2) is 60.8 Å². The fourth-order valence-corrected chi connectivity index (χ4v) is 4.63. The molecule has 1 atom stereocenters. The molecule has 7 heteroatoms. The van der Waals surface area contributed by atoms with Crippen LogP contribution in [0, 0.1) is 0 Å². The van der Waals surface area contributed by atoms with Crippen molar-refractivity contribution in [2.45, 2.75) is 76.4 Å². The molecule has 149 valence electrons. The lowest BCUT2D eigenvalue weighted by Crippen LogP contribution is -2.42. The Labute approximate surface area is 154 Å². The lowest BCUT2D eigenvalue weighted by Gasteiger charge is -2.24. The summed E-state index contributed by atoms with van der Waals surface area (Å²) in [6.45, 7) is 0.159. The highest BCUT2D eigenvalue weighted by molar-refractivity contribution is 6.60. The fourth-order valence-electron chi connectivity index (χ4n) is 2.84. The van der Waals surface area contributed by atoms with Crippen molar-refractivity contribution >= 4 is 15.1 Å². The van der Waals surface area contributed by atoms with Gasteiger partial charge in [-0.2, -0.15) is 0 Å². The van der Waals surface area contributed by atoms with Crippen molar-refractivity contribution in [3.8, 4) is 0 Å². The maximum atomic E-state index is 10.7. The van der Waals surface area contributed by atoms with Crippen molar-refractivity contribution in [2.75, 3.05) is 34.5 Å². The molecule has 0 saturated carbocycles. The Morgan fingerprint density at radius 1 is 0.840 bits per heavy atom. The number of aliphatic hydroxyl groups is 1. The summed E-state index contributed by atoms with van der Waals surface area (Å²) in [7, 11) is 2.60. The Morgan fingerprint density at radius 3 is 1.76 bits per heavy atom. The molecule has 0 aromatic rings. The van der Waals surface area contributed by atoms with Gasteiger partial charge in [0.05, 0.1) is 13.2 Å². The zero-order chi connectivity index (χ0) is 18.8. The molecule has 1 unspecified atom stereocenters. The summed E-state index contributed by atoms with van der Waals surface area (Å²) in [5, 5.41) is 8.66. The molecule has 0 aliphatic rings. The van der Waals surface area contributed by atoms with Gasteiger partial charge in [-0.05, 0) is 12.8 Å². The predicted molar refractivity (Wildman–Crippen MR) is 100 cm³/mol. The maximum Gasteiger partial charge on any atom is 0.500 e. The van der Waals surface area contributed by atoms with E-state index >= 15 is 0 Å². The third-order valence-electron chi connectivity index (χ3n) is 4.42. The van der Waals surface area contributed by atoms with Crippen LogP contribution in [0.15, 0.2) is 0 Å². The van der Waals surface area contributed by atoms with Gasteiger partial charge in [0.1, 0.15) is 6.10 Å². The van der Waals surface area contributed by atoms with Crippen molar-refractivity contribution in [2.24, 2.45) is 0 Å². The van der Waals surface area contributed by atoms with Crippen LogP contribution in [0.5, 0.6) is 0 Å². The van der Waals surface area contributed by atoms with E-state index in [4.69, 9.17) is 23.1 Å². The van der Waals surface area contributed by atoms with E-state index in [2.05, 4.69) is 0 Å². The molecule has 25 heavy (non-hydrogen) atoms. The van der Waals surface area contributed by atoms with Crippen molar-refractivity contribution in [1.82, 2.24) is 0 Å². The normalized spacial score (nSPS) is 13.1. The smallest absolute Gasteiger partial charge is 0.394 e. The molecule has 0 bridgehead atoms. The topological polar surface area (TPSA) is 74.2 Å². The second-order valence-electron chi connectivity index (χ2n) is 6.22. The van der Waals surface area contributed by atoms with E-state index < -0.39 is 14.9 Å². The van der Waals surface area contributed by atoms with Gasteiger partial charge in [-0.1, -0.05) is 51.4 Å². The molecule has 0 aromatic heterocycles. The van der Waals surface area contributed by atoms with Gasteiger partial charge in [-0.3, -0.25) is 4.79 Å². The number of hydrogen-bond donors (Lipinski definition) is 1. The minimum Gasteiger partial charge on any atom is -0.394 e. The number of aliphatic hydroxyl groups excluding tert-OH is 1. The molecule has 0 saturated heterocycles. The van der Waals surface area contributed by atoms with Crippen LogP contribution < -0.4 is 0 Å². The van der Waals surface area contributed by atoms with Crippen molar-refractivity contribution in [3.63, 3.8) is 0 Å². The molecule has 0 spiro atoms. The van der Waals surface area contributed by atoms with Gasteiger partial charge in [0, 0.05) is 27.4 Å². The highest BCUT2D eigenvalue weighted by Gasteiger charge is 2.36. The minimum atomic E-state index is -2.38. The fraction of sp³-hybridized carbons (Fsp3) is 0.944. The molecule has 1 radical (unpaired) electrons. The molecular formula is C18H37O6Si. The second-order valence-corrected chi connectivity index (χ2v) is 9.31. The number of rotatable bonds is 19. The summed E-state index contributed by atoms with van der Waals surface area (Å²) in [4.78, 5) is 10.7. The predicted octanol–water partition coefficient (Wildman–Crippen LogP) is 3.25. The first-order chi connectivity index (χ1) is 12.2. The first kappa shape index (κ1) is 24.7. The molecule has 0 aliphatic carbocycles. The third kappa shape index (κ3) is 12.6. The van der Waals surface area contributed by atoms with E-state index in [0.29, 0.717) is 6.42 Å². The highest BCUT2D eigenvalue weighted by atomic mass is 28.4. The largest absolute Gasteiger partial charge is 0.500 e. The van der Waals surface area contributed by atoms with Crippen molar-refractivity contribution in [1.29, 1.82) is 0 Å². The Balaban J connectivity index is 3.43. The van der Waals surface area contributed by atoms with Crippen LogP contribution in [0.1, 0.15) is 64.2 Å². The van der Waals surface area contributed by atoms with Crippen LogP contribution >= 0.6 is 0 Å². The Bertz CT molecular complexity index is 291. The second kappa shape index (κ2) is 17.1. The van der Waals surface area contributed by atoms with Gasteiger partial charge < -0.3 is 23.1 Å². The molecule has 6 nitrogen and oxygen atoms in total. The van der Waals surface area contributed by atoms with Crippen LogP contribution in [-0.2, 0) is 22.8 Å². The van der Waals surface area contributed by atoms with Crippen LogP contribution in [0.25, 0.3) is 0 Å². The Morgan fingerprint density at radius 2 is 1.32 bits per heavy atom. The first-order valence-electron chi connectivity index (χ1n) is 9.43. The monoisotopic (exact) mass is 377 g/mol. The van der Waals surface area contributed by atoms with Gasteiger partial charge in [0.2, 0.25) is 6.29 Å². The number of carbonyl (C=O) groups excluding carboxylic acids is 1. The lowest BCUT2D eigenvalue weighted by molar-refractivity contribution is 0.0576. The van der Waals surface area contributed by atoms with E-state index in [1.165, 1.54) is 38.5 Å². The van der Waals surface area contributed by atoms with E-state index in [1.54, 1.807) is 21.3 Å². The standard InChI is InChI=1S/C18H37O6Si/c1-21-25(22-2,23-3)16-12-10-8-6-4-5-7-9-11-13-18(17-20)24-15-14-19/h18-19H,4-16H2,1-3H3. The average Bonchev–Trinajstić information content (AvgIpc) is 2.65. The van der Waals surface area contributed by atoms with Crippen molar-refractivity contribution in [3.05, 3.63) is 0 Å². The van der Waals surface area contributed by atoms with E-state index in [1.807, 2.05) is 6.29 Å². The zero-order valence-electron chi connectivity index (χ0n) is 16.3. The molecule has 0 aliphatic heterocycles. The summed E-state index contributed by atoms with van der Waals surface area (Å²) in [6, 6.07) is 0.879. The molecule has 1 N–H and O–H groups in total. The molecular weight excluding hydrogens is 340 g/mol. The summed E-state index contributed by atoms with van der Waals surface area (Å²) in [5.74, 6) is 0. The summed E-state index contributed by atoms with van der Waals surface area (Å²) in [5.41, 5.74) is 0. The molecule has 0 fully saturated rings. The van der Waals surface area contributed by atoms with Crippen LogP contribution in [0.4, 0.5) is 0 Å². The van der Waals surface area contributed by atoms with Gasteiger partial charge in [-0.25, -0.2) is 0 Å². The first-order valence-corrected chi connectivity index (χ1v) is 11.4. The minimum absolute atomic E-state index is 0.0518. The number of unbranched alkanes of at least 4 members (excludes halogenated alkanes) is 8. The number of hydrogen-bond acceptors (Lipinski definition) is 6. The van der Waals surface area contributed by atoms with E-state index in [9.17, 15) is 4.79 Å². The third-order valence-corrected chi connectivity index (χ3v) is 7.26. The van der Waals surface area contributed by atoms with Crippen molar-refractivity contribution < 1.29 is 27.9 Å². The van der Waals surface area contributed by atoms with Gasteiger partial charge >= 0.3 is 8.80 Å². The zero-order valence-corrected chi connectivity index (χ0v) is 17.3. The van der Waals surface area contributed by atoms with Gasteiger partial charge in [0.25, 0.3) is 0 Å². The number of ether oxygens (including phenoxy) is 1. The van der Waals surface area contributed by atoms with Crippen LogP contribution in [0.2, 0.25) is 6.04 Å². The maximum absolute atomic E-state index is 10.7. The quantitative estimate of drug-likeness (QED) is 0.275. The van der Waals surface area contributed by atoms with E-state index in [-0.39, 0.29) is 13.2 Å². The Hall–Kier alpha value is -0.313. The van der Waals surface area contributed by atoms with E-state index in [0.717, 1.165) is 25.3 Å². The van der Waals surface area contributed by atoms with Gasteiger partial charge in [-0.15, -0.1) is 0 Å². The summed E-state index contributed by atoms with van der Waals surface area (Å²) in [6.07, 6.45) is 12.6. The molecule has 0 heterocycles. The lowest BCUT2D eigenvalue weighted by atomic mass is 10.1.